The lowest BCUT2D eigenvalue weighted by Crippen LogP contribution is -2.25. The molecule has 0 spiro atoms. The molecule has 0 unspecified atom stereocenters. The smallest absolute Gasteiger partial charge is 0.251 e. The summed E-state index contributed by atoms with van der Waals surface area (Å²) in [5.41, 5.74) is 1.71. The van der Waals surface area contributed by atoms with Crippen molar-refractivity contribution in [2.75, 3.05) is 18.6 Å². The van der Waals surface area contributed by atoms with Gasteiger partial charge in [-0.05, 0) is 24.6 Å². The van der Waals surface area contributed by atoms with Crippen molar-refractivity contribution in [1.82, 2.24) is 10.3 Å². The van der Waals surface area contributed by atoms with Crippen molar-refractivity contribution in [3.63, 3.8) is 0 Å². The summed E-state index contributed by atoms with van der Waals surface area (Å²) in [6, 6.07) is 4.94. The van der Waals surface area contributed by atoms with Gasteiger partial charge in [-0.2, -0.15) is 0 Å². The van der Waals surface area contributed by atoms with Gasteiger partial charge in [-0.25, -0.2) is 13.4 Å². The molecule has 1 heterocycles. The highest BCUT2D eigenvalue weighted by Gasteiger charge is 2.08. The summed E-state index contributed by atoms with van der Waals surface area (Å²) in [6.45, 7) is 0.322. The van der Waals surface area contributed by atoms with Gasteiger partial charge >= 0.3 is 0 Å². The van der Waals surface area contributed by atoms with Gasteiger partial charge in [-0.1, -0.05) is 0 Å². The van der Waals surface area contributed by atoms with Crippen molar-refractivity contribution in [3.8, 4) is 0 Å². The van der Waals surface area contributed by atoms with Gasteiger partial charge in [-0.3, -0.25) is 4.79 Å². The number of carbonyl (C=O) groups excluding carboxylic acids is 1. The van der Waals surface area contributed by atoms with Gasteiger partial charge in [0.1, 0.15) is 15.4 Å². The second-order valence-corrected chi connectivity index (χ2v) is 6.53. The van der Waals surface area contributed by atoms with Gasteiger partial charge < -0.3 is 9.73 Å². The molecule has 0 radical (unpaired) electrons. The van der Waals surface area contributed by atoms with Crippen LogP contribution in [0, 0.1) is 0 Å². The van der Waals surface area contributed by atoms with Crippen LogP contribution in [0.5, 0.6) is 0 Å². The van der Waals surface area contributed by atoms with E-state index in [1.807, 2.05) is 0 Å². The van der Waals surface area contributed by atoms with E-state index in [1.165, 1.54) is 12.6 Å². The number of amides is 1. The van der Waals surface area contributed by atoms with Gasteiger partial charge in [-0.15, -0.1) is 0 Å². The Hall–Kier alpha value is -1.89. The van der Waals surface area contributed by atoms with Gasteiger partial charge in [0.2, 0.25) is 0 Å². The number of aromatic nitrogens is 1. The minimum absolute atomic E-state index is 0.0651. The summed E-state index contributed by atoms with van der Waals surface area (Å²) in [4.78, 5) is 15.8. The van der Waals surface area contributed by atoms with Crippen LogP contribution in [0.4, 0.5) is 0 Å². The molecule has 1 aromatic carbocycles. The van der Waals surface area contributed by atoms with Crippen molar-refractivity contribution in [3.05, 3.63) is 30.2 Å². The zero-order valence-corrected chi connectivity index (χ0v) is 11.2. The fraction of sp³-hybridized carbons (Fsp3) is 0.333. The molecule has 0 atom stereocenters. The molecule has 0 aliphatic rings. The first-order valence-corrected chi connectivity index (χ1v) is 7.81. The van der Waals surface area contributed by atoms with Gasteiger partial charge in [0.15, 0.2) is 12.0 Å². The third-order valence-electron chi connectivity index (χ3n) is 2.57. The Kier molecular flexibility index (Phi) is 3.84. The molecule has 1 N–H and O–H groups in total. The highest BCUT2D eigenvalue weighted by molar-refractivity contribution is 7.90. The first-order valence-electron chi connectivity index (χ1n) is 5.75. The van der Waals surface area contributed by atoms with Crippen LogP contribution in [0.2, 0.25) is 0 Å². The second kappa shape index (κ2) is 5.40. The number of benzene rings is 1. The third-order valence-corrected chi connectivity index (χ3v) is 3.60. The number of carbonyl (C=O) groups is 1. The van der Waals surface area contributed by atoms with Gasteiger partial charge in [0, 0.05) is 18.4 Å². The average molecular weight is 282 g/mol. The predicted octanol–water partition coefficient (Wildman–Crippen LogP) is 0.992. The zero-order valence-electron chi connectivity index (χ0n) is 10.4. The summed E-state index contributed by atoms with van der Waals surface area (Å²) in [6.07, 6.45) is 2.89. The van der Waals surface area contributed by atoms with Crippen LogP contribution in [0.1, 0.15) is 16.8 Å². The summed E-state index contributed by atoms with van der Waals surface area (Å²) in [7, 11) is -2.98. The maximum absolute atomic E-state index is 11.8. The SMILES string of the molecule is CS(=O)(=O)CCCNC(=O)c1ccc2ocnc2c1. The number of nitrogens with zero attached hydrogens (tertiary/aromatic N) is 1. The quantitative estimate of drug-likeness (QED) is 0.826. The Balaban J connectivity index is 1.92. The second-order valence-electron chi connectivity index (χ2n) is 4.27. The van der Waals surface area contributed by atoms with Crippen molar-refractivity contribution < 1.29 is 17.6 Å². The number of nitrogens with one attached hydrogen (secondary N) is 1. The van der Waals surface area contributed by atoms with Crippen LogP contribution in [0.15, 0.2) is 29.0 Å². The Bertz CT molecular complexity index is 691. The molecule has 6 nitrogen and oxygen atoms in total. The number of hydrogen-bond donors (Lipinski definition) is 1. The van der Waals surface area contributed by atoms with E-state index in [4.69, 9.17) is 4.42 Å². The van der Waals surface area contributed by atoms with Crippen LogP contribution in [0.3, 0.4) is 0 Å². The van der Waals surface area contributed by atoms with Crippen molar-refractivity contribution in [2.45, 2.75) is 6.42 Å². The molecule has 19 heavy (non-hydrogen) atoms. The maximum atomic E-state index is 11.8. The van der Waals surface area contributed by atoms with Crippen molar-refractivity contribution >= 4 is 26.8 Å². The number of rotatable bonds is 5. The molecule has 0 saturated carbocycles. The average Bonchev–Trinajstić information content (AvgIpc) is 2.80. The van der Waals surface area contributed by atoms with Crippen LogP contribution < -0.4 is 5.32 Å². The summed E-state index contributed by atoms with van der Waals surface area (Å²) in [5, 5.41) is 2.67. The van der Waals surface area contributed by atoms with E-state index in [0.29, 0.717) is 29.6 Å². The first kappa shape index (κ1) is 13.5. The molecule has 0 fully saturated rings. The van der Waals surface area contributed by atoms with E-state index in [9.17, 15) is 13.2 Å². The third kappa shape index (κ3) is 3.78. The van der Waals surface area contributed by atoms with Crippen LogP contribution in [-0.4, -0.2) is 37.9 Å². The molecule has 1 amide bonds. The molecule has 1 aromatic heterocycles. The standard InChI is InChI=1S/C12H14N2O4S/c1-19(16,17)6-2-5-13-12(15)9-3-4-11-10(7-9)14-8-18-11/h3-4,7-8H,2,5-6H2,1H3,(H,13,15). The molecule has 0 aliphatic carbocycles. The van der Waals surface area contributed by atoms with E-state index in [0.717, 1.165) is 0 Å². The lowest BCUT2D eigenvalue weighted by molar-refractivity contribution is 0.0954. The van der Waals surface area contributed by atoms with E-state index >= 15 is 0 Å². The number of sulfone groups is 1. The highest BCUT2D eigenvalue weighted by Crippen LogP contribution is 2.13. The summed E-state index contributed by atoms with van der Waals surface area (Å²) >= 11 is 0. The molecular formula is C12H14N2O4S. The van der Waals surface area contributed by atoms with E-state index < -0.39 is 9.84 Å². The van der Waals surface area contributed by atoms with Gasteiger partial charge in [0.05, 0.1) is 5.75 Å². The first-order chi connectivity index (χ1) is 8.96. The van der Waals surface area contributed by atoms with Gasteiger partial charge in [0.25, 0.3) is 5.91 Å². The Labute approximate surface area is 110 Å². The predicted molar refractivity (Wildman–Crippen MR) is 70.7 cm³/mol. The largest absolute Gasteiger partial charge is 0.443 e. The molecule has 102 valence electrons. The number of oxazole rings is 1. The molecule has 2 aromatic rings. The molecule has 2 rings (SSSR count). The minimum atomic E-state index is -2.98. The summed E-state index contributed by atoms with van der Waals surface area (Å²) in [5.74, 6) is -0.186. The fourth-order valence-electron chi connectivity index (χ4n) is 1.64. The number of fused-ring (bicyclic) bond motifs is 1. The Morgan fingerprint density at radius 3 is 2.95 bits per heavy atom. The van der Waals surface area contributed by atoms with E-state index in [1.54, 1.807) is 18.2 Å². The molecule has 0 bridgehead atoms. The maximum Gasteiger partial charge on any atom is 0.251 e. The molecule has 0 aliphatic heterocycles. The van der Waals surface area contributed by atoms with Crippen LogP contribution >= 0.6 is 0 Å². The van der Waals surface area contributed by atoms with Crippen LogP contribution in [-0.2, 0) is 9.84 Å². The topological polar surface area (TPSA) is 89.3 Å². The highest BCUT2D eigenvalue weighted by atomic mass is 32.2. The number of hydrogen-bond acceptors (Lipinski definition) is 5. The fourth-order valence-corrected chi connectivity index (χ4v) is 2.31. The van der Waals surface area contributed by atoms with E-state index in [-0.39, 0.29) is 11.7 Å². The zero-order chi connectivity index (χ0) is 13.9. The lowest BCUT2D eigenvalue weighted by Gasteiger charge is -2.04. The van der Waals surface area contributed by atoms with Crippen LogP contribution in [0.25, 0.3) is 11.1 Å². The molecule has 7 heteroatoms. The monoisotopic (exact) mass is 282 g/mol. The Morgan fingerprint density at radius 2 is 2.21 bits per heavy atom. The van der Waals surface area contributed by atoms with Crippen molar-refractivity contribution in [2.24, 2.45) is 0 Å². The molecule has 0 saturated heterocycles. The normalized spacial score (nSPS) is 11.6. The van der Waals surface area contributed by atoms with E-state index in [2.05, 4.69) is 10.3 Å². The minimum Gasteiger partial charge on any atom is -0.443 e. The Morgan fingerprint density at radius 1 is 1.42 bits per heavy atom. The molecular weight excluding hydrogens is 268 g/mol. The van der Waals surface area contributed by atoms with Crippen molar-refractivity contribution in [1.29, 1.82) is 0 Å². The lowest BCUT2D eigenvalue weighted by atomic mass is 10.2. The summed E-state index contributed by atoms with van der Waals surface area (Å²) < 4.78 is 26.9.